The number of benzene rings is 1. The fraction of sp³-hybridized carbons (Fsp3) is 0.286. The van der Waals surface area contributed by atoms with E-state index in [1.54, 1.807) is 6.20 Å². The van der Waals surface area contributed by atoms with Crippen molar-refractivity contribution in [2.75, 3.05) is 0 Å². The van der Waals surface area contributed by atoms with Gasteiger partial charge >= 0.3 is 0 Å². The van der Waals surface area contributed by atoms with E-state index in [0.717, 1.165) is 30.5 Å². The largest absolute Gasteiger partial charge is 0.349 e. The molecule has 0 spiro atoms. The van der Waals surface area contributed by atoms with Gasteiger partial charge in [0.1, 0.15) is 5.02 Å². The summed E-state index contributed by atoms with van der Waals surface area (Å²) >= 11 is 5.83. The number of carbonyl (C=O) groups is 1. The lowest BCUT2D eigenvalue weighted by atomic mass is 9.93. The summed E-state index contributed by atoms with van der Waals surface area (Å²) in [6.45, 7) is 0. The lowest BCUT2D eigenvalue weighted by molar-refractivity contribution is -0.384. The smallest absolute Gasteiger partial charge is 0.287 e. The van der Waals surface area contributed by atoms with Crippen molar-refractivity contribution >= 4 is 23.2 Å². The minimum Gasteiger partial charge on any atom is -0.349 e. The van der Waals surface area contributed by atoms with E-state index in [9.17, 15) is 14.9 Å². The van der Waals surface area contributed by atoms with Gasteiger partial charge in [-0.05, 0) is 37.0 Å². The van der Waals surface area contributed by atoms with Crippen LogP contribution in [-0.4, -0.2) is 27.1 Å². The van der Waals surface area contributed by atoms with E-state index in [0.29, 0.717) is 5.56 Å². The Labute approximate surface area is 130 Å². The molecule has 1 unspecified atom stereocenters. The number of amides is 1. The number of hydrogen-bond acceptors (Lipinski definition) is 4. The van der Waals surface area contributed by atoms with Gasteiger partial charge in [0.05, 0.1) is 11.1 Å². The third-order valence-corrected chi connectivity index (χ3v) is 4.06. The van der Waals surface area contributed by atoms with Crippen molar-refractivity contribution in [2.45, 2.75) is 25.3 Å². The normalized spacial score (nSPS) is 16.9. The Morgan fingerprint density at radius 3 is 3.05 bits per heavy atom. The highest BCUT2D eigenvalue weighted by molar-refractivity contribution is 6.33. The van der Waals surface area contributed by atoms with Gasteiger partial charge in [0, 0.05) is 23.4 Å². The Morgan fingerprint density at radius 2 is 2.32 bits per heavy atom. The first-order valence-electron chi connectivity index (χ1n) is 6.80. The van der Waals surface area contributed by atoms with Crippen molar-refractivity contribution in [3.8, 4) is 0 Å². The fourth-order valence-electron chi connectivity index (χ4n) is 2.60. The number of H-pyrrole nitrogens is 1. The molecular weight excluding hydrogens is 308 g/mol. The van der Waals surface area contributed by atoms with E-state index in [1.807, 2.05) is 0 Å². The summed E-state index contributed by atoms with van der Waals surface area (Å²) in [6, 6.07) is 3.99. The van der Waals surface area contributed by atoms with Gasteiger partial charge < -0.3 is 5.32 Å². The summed E-state index contributed by atoms with van der Waals surface area (Å²) in [5, 5.41) is 20.6. The molecule has 2 N–H and O–H groups in total. The maximum atomic E-state index is 12.2. The molecule has 0 saturated carbocycles. The summed E-state index contributed by atoms with van der Waals surface area (Å²) in [7, 11) is 0. The molecule has 0 radical (unpaired) electrons. The second kappa shape index (κ2) is 5.76. The number of aromatic amines is 1. The number of nitrogens with zero attached hydrogens (tertiary/aromatic N) is 2. The van der Waals surface area contributed by atoms with Crippen LogP contribution in [0, 0.1) is 10.1 Å². The summed E-state index contributed by atoms with van der Waals surface area (Å²) < 4.78 is 0. The van der Waals surface area contributed by atoms with Gasteiger partial charge in [0.2, 0.25) is 0 Å². The molecule has 22 heavy (non-hydrogen) atoms. The van der Waals surface area contributed by atoms with Gasteiger partial charge in [-0.2, -0.15) is 5.10 Å². The third-order valence-electron chi connectivity index (χ3n) is 3.76. The Hall–Kier alpha value is -2.41. The van der Waals surface area contributed by atoms with Crippen molar-refractivity contribution in [2.24, 2.45) is 0 Å². The van der Waals surface area contributed by atoms with Gasteiger partial charge in [-0.1, -0.05) is 11.6 Å². The molecule has 1 heterocycles. The molecule has 1 aromatic carbocycles. The molecule has 1 aliphatic carbocycles. The van der Waals surface area contributed by atoms with Gasteiger partial charge in [-0.25, -0.2) is 0 Å². The number of nitro groups is 1. The van der Waals surface area contributed by atoms with Crippen molar-refractivity contribution in [3.63, 3.8) is 0 Å². The molecule has 3 rings (SSSR count). The monoisotopic (exact) mass is 320 g/mol. The zero-order chi connectivity index (χ0) is 15.7. The predicted octanol–water partition coefficient (Wildman–Crippen LogP) is 2.26. The molecular formula is C14H13ClN4O3. The van der Waals surface area contributed by atoms with E-state index >= 15 is 0 Å². The van der Waals surface area contributed by atoms with E-state index < -0.39 is 4.92 Å². The summed E-state index contributed by atoms with van der Waals surface area (Å²) in [4.78, 5) is 22.4. The molecule has 2 aromatic rings. The van der Waals surface area contributed by atoms with E-state index in [2.05, 4.69) is 15.5 Å². The number of fused-ring (bicyclic) bond motifs is 1. The number of aryl methyl sites for hydroxylation is 1. The van der Waals surface area contributed by atoms with Crippen LogP contribution in [0.1, 0.15) is 28.0 Å². The van der Waals surface area contributed by atoms with Crippen LogP contribution in [0.15, 0.2) is 24.4 Å². The van der Waals surface area contributed by atoms with Crippen LogP contribution < -0.4 is 5.32 Å². The van der Waals surface area contributed by atoms with E-state index in [1.165, 1.54) is 18.2 Å². The summed E-state index contributed by atoms with van der Waals surface area (Å²) in [6.07, 6.45) is 4.15. The number of nitrogens with one attached hydrogen (secondary N) is 2. The van der Waals surface area contributed by atoms with Gasteiger partial charge in [-0.15, -0.1) is 0 Å². The first kappa shape index (κ1) is 14.5. The Morgan fingerprint density at radius 1 is 1.50 bits per heavy atom. The Bertz CT molecular complexity index is 743. The average Bonchev–Trinajstić information content (AvgIpc) is 2.94. The molecule has 0 bridgehead atoms. The molecule has 1 aromatic heterocycles. The van der Waals surface area contributed by atoms with Crippen LogP contribution >= 0.6 is 11.6 Å². The molecule has 1 amide bonds. The molecule has 114 valence electrons. The van der Waals surface area contributed by atoms with Crippen LogP contribution in [0.4, 0.5) is 5.69 Å². The van der Waals surface area contributed by atoms with Crippen LogP contribution in [-0.2, 0) is 12.8 Å². The zero-order valence-corrected chi connectivity index (χ0v) is 12.3. The Kier molecular flexibility index (Phi) is 3.81. The van der Waals surface area contributed by atoms with Crippen molar-refractivity contribution in [3.05, 3.63) is 56.4 Å². The molecule has 0 saturated heterocycles. The van der Waals surface area contributed by atoms with Crippen molar-refractivity contribution < 1.29 is 9.72 Å². The Balaban J connectivity index is 1.70. The quantitative estimate of drug-likeness (QED) is 0.669. The molecule has 0 fully saturated rings. The lowest BCUT2D eigenvalue weighted by Crippen LogP contribution is -2.38. The van der Waals surface area contributed by atoms with Gasteiger partial charge in [-0.3, -0.25) is 20.0 Å². The van der Waals surface area contributed by atoms with E-state index in [-0.39, 0.29) is 22.7 Å². The number of nitro benzene ring substituents is 1. The van der Waals surface area contributed by atoms with Crippen molar-refractivity contribution in [1.29, 1.82) is 0 Å². The summed E-state index contributed by atoms with van der Waals surface area (Å²) in [5.74, 6) is -0.284. The van der Waals surface area contributed by atoms with Gasteiger partial charge in [0.15, 0.2) is 0 Å². The fourth-order valence-corrected chi connectivity index (χ4v) is 2.85. The number of aromatic nitrogens is 2. The highest BCUT2D eigenvalue weighted by Gasteiger charge is 2.23. The average molecular weight is 321 g/mol. The number of halogens is 1. The van der Waals surface area contributed by atoms with Crippen LogP contribution in [0.5, 0.6) is 0 Å². The number of rotatable bonds is 3. The summed E-state index contributed by atoms with van der Waals surface area (Å²) in [5.41, 5.74) is 2.33. The maximum Gasteiger partial charge on any atom is 0.287 e. The molecule has 7 nitrogen and oxygen atoms in total. The number of hydrogen-bond donors (Lipinski definition) is 2. The highest BCUT2D eigenvalue weighted by atomic mass is 35.5. The highest BCUT2D eigenvalue weighted by Crippen LogP contribution is 2.25. The maximum absolute atomic E-state index is 12.2. The van der Waals surface area contributed by atoms with Crippen LogP contribution in [0.3, 0.4) is 0 Å². The van der Waals surface area contributed by atoms with Crippen LogP contribution in [0.2, 0.25) is 5.02 Å². The van der Waals surface area contributed by atoms with Crippen LogP contribution in [0.25, 0.3) is 0 Å². The van der Waals surface area contributed by atoms with Crippen molar-refractivity contribution in [1.82, 2.24) is 15.5 Å². The number of carbonyl (C=O) groups excluding carboxylic acids is 1. The second-order valence-electron chi connectivity index (χ2n) is 5.21. The molecule has 0 aliphatic heterocycles. The second-order valence-corrected chi connectivity index (χ2v) is 5.62. The first-order chi connectivity index (χ1) is 10.5. The molecule has 1 atom stereocenters. The predicted molar refractivity (Wildman–Crippen MR) is 80.0 cm³/mol. The topological polar surface area (TPSA) is 101 Å². The van der Waals surface area contributed by atoms with Gasteiger partial charge in [0.25, 0.3) is 11.6 Å². The standard InChI is InChI=1S/C14H13ClN4O3/c15-11-6-8(1-4-13(11)19(21)22)14(20)17-10-2-3-12-9(5-10)7-16-18-12/h1,4,6-7,10H,2-3,5H2,(H,16,18)(H,17,20). The molecule has 1 aliphatic rings. The minimum absolute atomic E-state index is 0.0200. The lowest BCUT2D eigenvalue weighted by Gasteiger charge is -2.22. The first-order valence-corrected chi connectivity index (χ1v) is 7.18. The third kappa shape index (κ3) is 2.80. The SMILES string of the molecule is O=C(NC1CCc2[nH]ncc2C1)c1ccc([N+](=O)[O-])c(Cl)c1. The van der Waals surface area contributed by atoms with E-state index in [4.69, 9.17) is 11.6 Å². The molecule has 8 heteroatoms. The minimum atomic E-state index is -0.578. The zero-order valence-electron chi connectivity index (χ0n) is 11.5.